The molecule has 1 aliphatic carbocycles. The number of rotatable bonds is 9. The minimum atomic E-state index is 0.0980. The standard InChI is InChI=1S/C22H27NO3/c1-16-5-7-17(8-6-16)22(18-9-10-18)23-21(24)4-3-15-26-20-13-11-19(25-2)12-14-20/h5-8,11-14,18,22H,3-4,9-10,15H2,1-2H3,(H,23,24). The number of amides is 1. The lowest BCUT2D eigenvalue weighted by atomic mass is 10.0. The van der Waals surface area contributed by atoms with Crippen LogP contribution in [0.5, 0.6) is 11.5 Å². The number of benzene rings is 2. The van der Waals surface area contributed by atoms with Gasteiger partial charge in [0.25, 0.3) is 0 Å². The van der Waals surface area contributed by atoms with Gasteiger partial charge in [0.2, 0.25) is 5.91 Å². The van der Waals surface area contributed by atoms with E-state index in [-0.39, 0.29) is 11.9 Å². The Morgan fingerprint density at radius 3 is 2.35 bits per heavy atom. The van der Waals surface area contributed by atoms with Crippen molar-refractivity contribution in [1.29, 1.82) is 0 Å². The second kappa shape index (κ2) is 8.75. The van der Waals surface area contributed by atoms with Crippen molar-refractivity contribution in [3.8, 4) is 11.5 Å². The average Bonchev–Trinajstić information content (AvgIpc) is 3.50. The van der Waals surface area contributed by atoms with E-state index in [2.05, 4.69) is 36.5 Å². The lowest BCUT2D eigenvalue weighted by Crippen LogP contribution is -2.30. The molecule has 2 aromatic carbocycles. The quantitative estimate of drug-likeness (QED) is 0.679. The minimum absolute atomic E-state index is 0.0980. The van der Waals surface area contributed by atoms with Crippen LogP contribution in [0.1, 0.15) is 42.9 Å². The molecule has 4 nitrogen and oxygen atoms in total. The summed E-state index contributed by atoms with van der Waals surface area (Å²) in [5.41, 5.74) is 2.45. The van der Waals surface area contributed by atoms with Crippen LogP contribution in [0.25, 0.3) is 0 Å². The Bertz CT molecular complexity index is 705. The number of carbonyl (C=O) groups is 1. The van der Waals surface area contributed by atoms with Gasteiger partial charge >= 0.3 is 0 Å². The average molecular weight is 353 g/mol. The molecule has 0 bridgehead atoms. The van der Waals surface area contributed by atoms with Gasteiger partial charge in [-0.1, -0.05) is 29.8 Å². The van der Waals surface area contributed by atoms with Crippen molar-refractivity contribution in [2.45, 2.75) is 38.6 Å². The first-order valence-corrected chi connectivity index (χ1v) is 9.28. The first kappa shape index (κ1) is 18.3. The number of methoxy groups -OCH3 is 1. The molecule has 0 saturated heterocycles. The van der Waals surface area contributed by atoms with Crippen LogP contribution in [-0.4, -0.2) is 19.6 Å². The van der Waals surface area contributed by atoms with E-state index in [4.69, 9.17) is 9.47 Å². The maximum Gasteiger partial charge on any atom is 0.220 e. The van der Waals surface area contributed by atoms with Crippen LogP contribution in [0.4, 0.5) is 0 Å². The van der Waals surface area contributed by atoms with Gasteiger partial charge in [0, 0.05) is 6.42 Å². The third kappa shape index (κ3) is 5.25. The molecule has 1 unspecified atom stereocenters. The Kier molecular flexibility index (Phi) is 6.16. The largest absolute Gasteiger partial charge is 0.497 e. The summed E-state index contributed by atoms with van der Waals surface area (Å²) in [6.07, 6.45) is 3.56. The molecule has 138 valence electrons. The number of hydrogen-bond donors (Lipinski definition) is 1. The Balaban J connectivity index is 1.43. The molecule has 0 spiro atoms. The van der Waals surface area contributed by atoms with Crippen LogP contribution in [0.2, 0.25) is 0 Å². The lowest BCUT2D eigenvalue weighted by Gasteiger charge is -2.19. The fourth-order valence-electron chi connectivity index (χ4n) is 3.02. The molecule has 3 rings (SSSR count). The second-order valence-corrected chi connectivity index (χ2v) is 6.92. The number of hydrogen-bond acceptors (Lipinski definition) is 3. The van der Waals surface area contributed by atoms with Crippen LogP contribution in [0.15, 0.2) is 48.5 Å². The topological polar surface area (TPSA) is 47.6 Å². The summed E-state index contributed by atoms with van der Waals surface area (Å²) in [7, 11) is 1.64. The van der Waals surface area contributed by atoms with Crippen molar-refractivity contribution in [3.63, 3.8) is 0 Å². The highest BCUT2D eigenvalue weighted by molar-refractivity contribution is 5.76. The van der Waals surface area contributed by atoms with Gasteiger partial charge in [-0.05, 0) is 61.9 Å². The summed E-state index contributed by atoms with van der Waals surface area (Å²) in [5.74, 6) is 2.28. The fraction of sp³-hybridized carbons (Fsp3) is 0.409. The molecule has 1 N–H and O–H groups in total. The van der Waals surface area contributed by atoms with E-state index in [1.165, 1.54) is 24.0 Å². The Morgan fingerprint density at radius 1 is 1.08 bits per heavy atom. The van der Waals surface area contributed by atoms with Crippen molar-refractivity contribution in [2.75, 3.05) is 13.7 Å². The van der Waals surface area contributed by atoms with Gasteiger partial charge in [0.05, 0.1) is 19.8 Å². The third-order valence-electron chi connectivity index (χ3n) is 4.72. The highest BCUT2D eigenvalue weighted by atomic mass is 16.5. The summed E-state index contributed by atoms with van der Waals surface area (Å²) < 4.78 is 10.8. The molecule has 0 aliphatic heterocycles. The molecule has 1 atom stereocenters. The molecular formula is C22H27NO3. The van der Waals surface area contributed by atoms with E-state index in [1.807, 2.05) is 24.3 Å². The summed E-state index contributed by atoms with van der Waals surface area (Å²) in [6.45, 7) is 2.61. The van der Waals surface area contributed by atoms with E-state index < -0.39 is 0 Å². The number of nitrogens with one attached hydrogen (secondary N) is 1. The molecule has 0 heterocycles. The van der Waals surface area contributed by atoms with Gasteiger partial charge in [-0.15, -0.1) is 0 Å². The fourth-order valence-corrected chi connectivity index (χ4v) is 3.02. The van der Waals surface area contributed by atoms with E-state index >= 15 is 0 Å². The van der Waals surface area contributed by atoms with Crippen LogP contribution in [-0.2, 0) is 4.79 Å². The molecule has 1 aliphatic rings. The summed E-state index contributed by atoms with van der Waals surface area (Å²) >= 11 is 0. The Hall–Kier alpha value is -2.49. The van der Waals surface area contributed by atoms with Gasteiger partial charge in [-0.25, -0.2) is 0 Å². The normalized spacial score (nSPS) is 14.5. The van der Waals surface area contributed by atoms with Crippen LogP contribution in [0, 0.1) is 12.8 Å². The maximum absolute atomic E-state index is 12.3. The summed E-state index contributed by atoms with van der Waals surface area (Å²) in [6, 6.07) is 16.1. The number of carbonyl (C=O) groups excluding carboxylic acids is 1. The van der Waals surface area contributed by atoms with E-state index in [1.54, 1.807) is 7.11 Å². The molecule has 2 aromatic rings. The SMILES string of the molecule is COc1ccc(OCCCC(=O)NC(c2ccc(C)cc2)C2CC2)cc1. The van der Waals surface area contributed by atoms with Crippen molar-refractivity contribution in [1.82, 2.24) is 5.32 Å². The van der Waals surface area contributed by atoms with Crippen molar-refractivity contribution in [3.05, 3.63) is 59.7 Å². The monoisotopic (exact) mass is 353 g/mol. The van der Waals surface area contributed by atoms with E-state index in [0.29, 0.717) is 25.4 Å². The van der Waals surface area contributed by atoms with Gasteiger partial charge in [0.15, 0.2) is 0 Å². The molecular weight excluding hydrogens is 326 g/mol. The summed E-state index contributed by atoms with van der Waals surface area (Å²) in [4.78, 5) is 12.3. The molecule has 0 radical (unpaired) electrons. The first-order chi connectivity index (χ1) is 12.7. The van der Waals surface area contributed by atoms with Gasteiger partial charge < -0.3 is 14.8 Å². The van der Waals surface area contributed by atoms with Crippen molar-refractivity contribution >= 4 is 5.91 Å². The second-order valence-electron chi connectivity index (χ2n) is 6.92. The minimum Gasteiger partial charge on any atom is -0.497 e. The van der Waals surface area contributed by atoms with Crippen LogP contribution < -0.4 is 14.8 Å². The molecule has 26 heavy (non-hydrogen) atoms. The highest BCUT2D eigenvalue weighted by Gasteiger charge is 2.33. The number of aryl methyl sites for hydroxylation is 1. The van der Waals surface area contributed by atoms with Crippen molar-refractivity contribution in [2.24, 2.45) is 5.92 Å². The highest BCUT2D eigenvalue weighted by Crippen LogP contribution is 2.41. The molecule has 1 amide bonds. The number of ether oxygens (including phenoxy) is 2. The summed E-state index contributed by atoms with van der Waals surface area (Å²) in [5, 5.41) is 3.22. The molecule has 4 heteroatoms. The van der Waals surface area contributed by atoms with Crippen LogP contribution >= 0.6 is 0 Å². The van der Waals surface area contributed by atoms with Gasteiger partial charge in [-0.3, -0.25) is 4.79 Å². The zero-order valence-corrected chi connectivity index (χ0v) is 15.5. The zero-order chi connectivity index (χ0) is 18.4. The van der Waals surface area contributed by atoms with Crippen molar-refractivity contribution < 1.29 is 14.3 Å². The van der Waals surface area contributed by atoms with Gasteiger partial charge in [0.1, 0.15) is 11.5 Å². The van der Waals surface area contributed by atoms with E-state index in [9.17, 15) is 4.79 Å². The third-order valence-corrected chi connectivity index (χ3v) is 4.72. The van der Waals surface area contributed by atoms with Gasteiger partial charge in [-0.2, -0.15) is 0 Å². The molecule has 1 saturated carbocycles. The maximum atomic E-state index is 12.3. The first-order valence-electron chi connectivity index (χ1n) is 9.28. The van der Waals surface area contributed by atoms with Crippen LogP contribution in [0.3, 0.4) is 0 Å². The lowest BCUT2D eigenvalue weighted by molar-refractivity contribution is -0.122. The molecule has 1 fully saturated rings. The Morgan fingerprint density at radius 2 is 1.73 bits per heavy atom. The zero-order valence-electron chi connectivity index (χ0n) is 15.5. The Labute approximate surface area is 155 Å². The van der Waals surface area contributed by atoms with E-state index in [0.717, 1.165) is 11.5 Å². The smallest absolute Gasteiger partial charge is 0.220 e. The predicted molar refractivity (Wildman–Crippen MR) is 103 cm³/mol. The predicted octanol–water partition coefficient (Wildman–Crippen LogP) is 4.43. The molecule has 0 aromatic heterocycles.